The molecule has 2 aromatic rings. The number of amides is 3. The first-order valence-electron chi connectivity index (χ1n) is 12.6. The van der Waals surface area contributed by atoms with Gasteiger partial charge in [-0.2, -0.15) is 0 Å². The first kappa shape index (κ1) is 29.4. The number of carbonyl (C=O) groups is 4. The highest BCUT2D eigenvalue weighted by atomic mass is 16.4. The number of rotatable bonds is 11. The van der Waals surface area contributed by atoms with Gasteiger partial charge in [-0.15, -0.1) is 0 Å². The van der Waals surface area contributed by atoms with Crippen LogP contribution in [0.25, 0.3) is 0 Å². The Kier molecular flexibility index (Phi) is 9.85. The number of benzene rings is 2. The summed E-state index contributed by atoms with van der Waals surface area (Å²) in [4.78, 5) is 52.2. The molecule has 12 nitrogen and oxygen atoms in total. The van der Waals surface area contributed by atoms with Crippen LogP contribution in [-0.4, -0.2) is 85.8 Å². The van der Waals surface area contributed by atoms with E-state index in [1.165, 1.54) is 31.2 Å². The minimum atomic E-state index is -1.44. The first-order valence-corrected chi connectivity index (χ1v) is 12.6. The monoisotopic (exact) mass is 542 g/mol. The number of phenolic OH excluding ortho intramolecular Hbond substituents is 2. The number of carbonyl (C=O) groups excluding carboxylic acids is 3. The van der Waals surface area contributed by atoms with Gasteiger partial charge >= 0.3 is 5.97 Å². The van der Waals surface area contributed by atoms with Crippen molar-refractivity contribution in [1.82, 2.24) is 15.5 Å². The summed E-state index contributed by atoms with van der Waals surface area (Å²) < 4.78 is 0. The summed E-state index contributed by atoms with van der Waals surface area (Å²) in [5.74, 6) is -3.25. The highest BCUT2D eigenvalue weighted by Crippen LogP contribution is 2.20. The molecule has 0 aliphatic carbocycles. The van der Waals surface area contributed by atoms with Crippen LogP contribution in [0, 0.1) is 0 Å². The molecule has 0 radical (unpaired) electrons. The third-order valence-electron chi connectivity index (χ3n) is 6.61. The minimum Gasteiger partial charge on any atom is -0.508 e. The Labute approximate surface area is 225 Å². The molecule has 2 aromatic carbocycles. The third-order valence-corrected chi connectivity index (χ3v) is 6.61. The quantitative estimate of drug-likeness (QED) is 0.198. The summed E-state index contributed by atoms with van der Waals surface area (Å²) in [6, 6.07) is 7.38. The second kappa shape index (κ2) is 13.1. The molecule has 0 aromatic heterocycles. The molecule has 210 valence electrons. The van der Waals surface area contributed by atoms with Crippen molar-refractivity contribution in [2.75, 3.05) is 6.54 Å². The molecule has 8 N–H and O–H groups in total. The fourth-order valence-corrected chi connectivity index (χ4v) is 4.44. The predicted molar refractivity (Wildman–Crippen MR) is 140 cm³/mol. The van der Waals surface area contributed by atoms with Crippen molar-refractivity contribution in [2.24, 2.45) is 5.73 Å². The highest BCUT2D eigenvalue weighted by molar-refractivity contribution is 5.94. The normalized spacial score (nSPS) is 18.0. The van der Waals surface area contributed by atoms with Crippen molar-refractivity contribution >= 4 is 23.7 Å². The lowest BCUT2D eigenvalue weighted by Gasteiger charge is -2.30. The Balaban J connectivity index is 1.77. The molecule has 0 saturated carbocycles. The zero-order valence-corrected chi connectivity index (χ0v) is 21.5. The van der Waals surface area contributed by atoms with E-state index in [0.717, 1.165) is 4.90 Å². The maximum absolute atomic E-state index is 13.4. The van der Waals surface area contributed by atoms with Gasteiger partial charge in [-0.1, -0.05) is 24.3 Å². The van der Waals surface area contributed by atoms with Crippen LogP contribution in [0.5, 0.6) is 11.5 Å². The smallest absolute Gasteiger partial charge is 0.326 e. The number of hydrogen-bond acceptors (Lipinski definition) is 8. The van der Waals surface area contributed by atoms with E-state index in [-0.39, 0.29) is 37.3 Å². The topological polar surface area (TPSA) is 203 Å². The van der Waals surface area contributed by atoms with E-state index in [2.05, 4.69) is 10.6 Å². The molecule has 1 aliphatic heterocycles. The number of hydrogen-bond donors (Lipinski definition) is 7. The minimum absolute atomic E-state index is 0.0121. The van der Waals surface area contributed by atoms with Crippen LogP contribution in [0.4, 0.5) is 0 Å². The molecule has 1 heterocycles. The van der Waals surface area contributed by atoms with Crippen LogP contribution in [0.2, 0.25) is 0 Å². The van der Waals surface area contributed by atoms with Crippen molar-refractivity contribution in [3.8, 4) is 11.5 Å². The van der Waals surface area contributed by atoms with Crippen LogP contribution >= 0.6 is 0 Å². The van der Waals surface area contributed by atoms with Crippen LogP contribution < -0.4 is 16.4 Å². The molecule has 0 bridgehead atoms. The van der Waals surface area contributed by atoms with Crippen molar-refractivity contribution in [3.05, 3.63) is 59.7 Å². The summed E-state index contributed by atoms with van der Waals surface area (Å²) in [5.41, 5.74) is 7.35. The Bertz CT molecular complexity index is 1170. The summed E-state index contributed by atoms with van der Waals surface area (Å²) in [7, 11) is 0. The van der Waals surface area contributed by atoms with Gasteiger partial charge in [0.05, 0.1) is 12.1 Å². The van der Waals surface area contributed by atoms with Crippen molar-refractivity contribution in [2.45, 2.75) is 62.9 Å². The second-order valence-corrected chi connectivity index (χ2v) is 9.66. The molecule has 3 amide bonds. The number of carboxylic acid groups (broad SMARTS) is 1. The number of aliphatic carboxylic acids is 1. The van der Waals surface area contributed by atoms with Gasteiger partial charge in [0.25, 0.3) is 0 Å². The molecular formula is C27H34N4O8. The third kappa shape index (κ3) is 7.91. The summed E-state index contributed by atoms with van der Waals surface area (Å²) >= 11 is 0. The molecule has 1 saturated heterocycles. The van der Waals surface area contributed by atoms with Gasteiger partial charge in [-0.3, -0.25) is 14.4 Å². The fraction of sp³-hybridized carbons (Fsp3) is 0.407. The van der Waals surface area contributed by atoms with E-state index < -0.39 is 54.0 Å². The average molecular weight is 543 g/mol. The average Bonchev–Trinajstić information content (AvgIpc) is 3.39. The Morgan fingerprint density at radius 3 is 1.97 bits per heavy atom. The lowest BCUT2D eigenvalue weighted by atomic mass is 10.0. The van der Waals surface area contributed by atoms with Crippen LogP contribution in [0.3, 0.4) is 0 Å². The van der Waals surface area contributed by atoms with Crippen molar-refractivity contribution in [3.63, 3.8) is 0 Å². The number of aliphatic hydroxyl groups is 1. The molecule has 1 fully saturated rings. The number of aliphatic hydroxyl groups excluding tert-OH is 1. The van der Waals surface area contributed by atoms with Crippen LogP contribution in [0.1, 0.15) is 30.9 Å². The number of phenols is 2. The number of aromatic hydroxyl groups is 2. The first-order chi connectivity index (χ1) is 18.5. The zero-order chi connectivity index (χ0) is 28.7. The van der Waals surface area contributed by atoms with E-state index in [9.17, 15) is 39.6 Å². The van der Waals surface area contributed by atoms with Gasteiger partial charge < -0.3 is 41.7 Å². The van der Waals surface area contributed by atoms with Gasteiger partial charge in [0.2, 0.25) is 17.7 Å². The SMILES string of the molecule is CC(O)C(NC(=O)C(Cc1ccc(O)cc1)NC(=O)C(N)Cc1ccc(O)cc1)C(=O)N1CCCC1C(=O)O. The molecular weight excluding hydrogens is 508 g/mol. The van der Waals surface area contributed by atoms with E-state index in [1.54, 1.807) is 24.3 Å². The lowest BCUT2D eigenvalue weighted by molar-refractivity contribution is -0.150. The number of nitrogens with two attached hydrogens (primary N) is 1. The predicted octanol–water partition coefficient (Wildman–Crippen LogP) is -0.364. The number of likely N-dealkylation sites (tertiary alicyclic amines) is 1. The molecule has 39 heavy (non-hydrogen) atoms. The standard InChI is InChI=1S/C27H34N4O8/c1-15(32)23(26(37)31-12-2-3-22(31)27(38)39)30-25(36)21(14-17-6-10-19(34)11-7-17)29-24(35)20(28)13-16-4-8-18(33)9-5-16/h4-11,15,20-23,32-34H,2-3,12-14,28H2,1H3,(H,29,35)(H,30,36)(H,38,39). The van der Waals surface area contributed by atoms with E-state index in [4.69, 9.17) is 5.73 Å². The Morgan fingerprint density at radius 1 is 0.923 bits per heavy atom. The van der Waals surface area contributed by atoms with Gasteiger partial charge in [0.1, 0.15) is 29.6 Å². The Hall–Kier alpha value is -4.16. The molecule has 1 aliphatic rings. The zero-order valence-electron chi connectivity index (χ0n) is 21.5. The summed E-state index contributed by atoms with van der Waals surface area (Å²) in [5, 5.41) is 43.9. The van der Waals surface area contributed by atoms with Crippen molar-refractivity contribution < 1.29 is 39.6 Å². The Morgan fingerprint density at radius 2 is 1.46 bits per heavy atom. The molecule has 5 unspecified atom stereocenters. The highest BCUT2D eigenvalue weighted by Gasteiger charge is 2.40. The van der Waals surface area contributed by atoms with E-state index >= 15 is 0 Å². The summed E-state index contributed by atoms with van der Waals surface area (Å²) in [6.07, 6.45) is -0.508. The van der Waals surface area contributed by atoms with E-state index in [1.807, 2.05) is 0 Å². The maximum Gasteiger partial charge on any atom is 0.326 e. The number of carboxylic acids is 1. The van der Waals surface area contributed by atoms with Crippen LogP contribution in [0.15, 0.2) is 48.5 Å². The second-order valence-electron chi connectivity index (χ2n) is 9.66. The van der Waals surface area contributed by atoms with Crippen molar-refractivity contribution in [1.29, 1.82) is 0 Å². The van der Waals surface area contributed by atoms with Gasteiger partial charge in [-0.25, -0.2) is 4.79 Å². The van der Waals surface area contributed by atoms with E-state index in [0.29, 0.717) is 17.5 Å². The molecule has 0 spiro atoms. The number of nitrogens with one attached hydrogen (secondary N) is 2. The van der Waals surface area contributed by atoms with Gasteiger partial charge in [-0.05, 0) is 61.6 Å². The summed E-state index contributed by atoms with van der Waals surface area (Å²) in [6.45, 7) is 1.48. The lowest BCUT2D eigenvalue weighted by Crippen LogP contribution is -2.60. The molecule has 3 rings (SSSR count). The van der Waals surface area contributed by atoms with Gasteiger partial charge in [0, 0.05) is 13.0 Å². The molecule has 12 heteroatoms. The maximum atomic E-state index is 13.4. The molecule has 5 atom stereocenters. The fourth-order valence-electron chi connectivity index (χ4n) is 4.44. The van der Waals surface area contributed by atoms with Crippen LogP contribution in [-0.2, 0) is 32.0 Å². The number of nitrogens with zero attached hydrogens (tertiary/aromatic N) is 1. The largest absolute Gasteiger partial charge is 0.508 e. The van der Waals surface area contributed by atoms with Gasteiger partial charge in [0.15, 0.2) is 0 Å².